The van der Waals surface area contributed by atoms with Crippen LogP contribution in [0.25, 0.3) is 0 Å². The summed E-state index contributed by atoms with van der Waals surface area (Å²) in [6.07, 6.45) is 3.27. The fraction of sp³-hybridized carbons (Fsp3) is 0.300. The van der Waals surface area contributed by atoms with Crippen molar-refractivity contribution in [1.29, 1.82) is 0 Å². The smallest absolute Gasteiger partial charge is 0.253 e. The summed E-state index contributed by atoms with van der Waals surface area (Å²) < 4.78 is 0. The van der Waals surface area contributed by atoms with Crippen LogP contribution in [0.1, 0.15) is 45.5 Å². The van der Waals surface area contributed by atoms with Crippen LogP contribution in [-0.2, 0) is 6.54 Å². The lowest BCUT2D eigenvalue weighted by Gasteiger charge is -2.26. The van der Waals surface area contributed by atoms with Crippen LogP contribution < -0.4 is 5.32 Å². The number of hydrogen-bond donors (Lipinski definition) is 1. The van der Waals surface area contributed by atoms with Gasteiger partial charge >= 0.3 is 0 Å². The molecule has 0 atom stereocenters. The second-order valence-electron chi connectivity index (χ2n) is 6.24. The molecule has 130 valence electrons. The summed E-state index contributed by atoms with van der Waals surface area (Å²) in [7, 11) is 0. The van der Waals surface area contributed by atoms with E-state index in [0.29, 0.717) is 22.7 Å². The van der Waals surface area contributed by atoms with E-state index in [1.54, 1.807) is 36.4 Å². The number of likely N-dealkylation sites (tertiary alicyclic amines) is 1. The lowest BCUT2D eigenvalue weighted by atomic mass is 10.1. The number of carbonyl (C=O) groups is 2. The highest BCUT2D eigenvalue weighted by Crippen LogP contribution is 2.15. The van der Waals surface area contributed by atoms with Gasteiger partial charge in [0.05, 0.1) is 0 Å². The van der Waals surface area contributed by atoms with Gasteiger partial charge in [0.2, 0.25) is 0 Å². The second-order valence-corrected chi connectivity index (χ2v) is 6.68. The van der Waals surface area contributed by atoms with Crippen LogP contribution in [0.15, 0.2) is 48.5 Å². The van der Waals surface area contributed by atoms with Gasteiger partial charge in [0.25, 0.3) is 11.8 Å². The lowest BCUT2D eigenvalue weighted by molar-refractivity contribution is 0.0724. The lowest BCUT2D eigenvalue weighted by Crippen LogP contribution is -2.35. The van der Waals surface area contributed by atoms with Crippen LogP contribution in [-0.4, -0.2) is 29.8 Å². The molecule has 2 aromatic carbocycles. The first-order valence-corrected chi connectivity index (χ1v) is 8.93. The van der Waals surface area contributed by atoms with Gasteiger partial charge in [-0.05, 0) is 55.2 Å². The van der Waals surface area contributed by atoms with Crippen molar-refractivity contribution in [3.63, 3.8) is 0 Å². The number of nitrogens with one attached hydrogen (secondary N) is 1. The van der Waals surface area contributed by atoms with Crippen molar-refractivity contribution in [1.82, 2.24) is 10.2 Å². The van der Waals surface area contributed by atoms with E-state index in [-0.39, 0.29) is 11.8 Å². The molecule has 1 saturated heterocycles. The van der Waals surface area contributed by atoms with Gasteiger partial charge in [-0.15, -0.1) is 0 Å². The van der Waals surface area contributed by atoms with Crippen LogP contribution in [0.5, 0.6) is 0 Å². The van der Waals surface area contributed by atoms with Crippen molar-refractivity contribution in [3.05, 3.63) is 70.2 Å². The van der Waals surface area contributed by atoms with E-state index in [2.05, 4.69) is 5.32 Å². The molecule has 1 heterocycles. The van der Waals surface area contributed by atoms with Crippen LogP contribution >= 0.6 is 11.6 Å². The molecular weight excluding hydrogens is 336 g/mol. The SMILES string of the molecule is O=C(NCc1ccc(Cl)cc1)c1cccc(C(=O)N2CCCCC2)c1. The second kappa shape index (κ2) is 8.17. The minimum Gasteiger partial charge on any atom is -0.348 e. The number of piperidine rings is 1. The Kier molecular flexibility index (Phi) is 5.71. The Bertz CT molecular complexity index is 753. The third-order valence-corrected chi connectivity index (χ3v) is 4.63. The van der Waals surface area contributed by atoms with Crippen LogP contribution in [0.3, 0.4) is 0 Å². The normalized spacial score (nSPS) is 14.2. The van der Waals surface area contributed by atoms with Gasteiger partial charge in [0.1, 0.15) is 0 Å². The Labute approximate surface area is 152 Å². The zero-order valence-corrected chi connectivity index (χ0v) is 14.8. The molecule has 0 bridgehead atoms. The van der Waals surface area contributed by atoms with Gasteiger partial charge in [0, 0.05) is 35.8 Å². The Morgan fingerprint density at radius 1 is 0.960 bits per heavy atom. The summed E-state index contributed by atoms with van der Waals surface area (Å²) >= 11 is 5.86. The summed E-state index contributed by atoms with van der Waals surface area (Å²) in [6, 6.07) is 14.3. The third kappa shape index (κ3) is 4.60. The topological polar surface area (TPSA) is 49.4 Å². The van der Waals surface area contributed by atoms with Crippen molar-refractivity contribution >= 4 is 23.4 Å². The number of amides is 2. The van der Waals surface area contributed by atoms with E-state index in [0.717, 1.165) is 31.5 Å². The molecule has 1 aliphatic heterocycles. The molecule has 1 fully saturated rings. The van der Waals surface area contributed by atoms with Gasteiger partial charge in [0.15, 0.2) is 0 Å². The fourth-order valence-corrected chi connectivity index (χ4v) is 3.09. The Morgan fingerprint density at radius 3 is 2.36 bits per heavy atom. The highest BCUT2D eigenvalue weighted by atomic mass is 35.5. The van der Waals surface area contributed by atoms with Crippen LogP contribution in [0.4, 0.5) is 0 Å². The molecule has 2 amide bonds. The van der Waals surface area contributed by atoms with Gasteiger partial charge in [-0.25, -0.2) is 0 Å². The Balaban J connectivity index is 1.64. The standard InChI is InChI=1S/C20H21ClN2O2/c21-18-9-7-15(8-10-18)14-22-19(24)16-5-4-6-17(13-16)20(25)23-11-2-1-3-12-23/h4-10,13H,1-3,11-12,14H2,(H,22,24). The summed E-state index contributed by atoms with van der Waals surface area (Å²) in [4.78, 5) is 26.8. The molecule has 0 radical (unpaired) electrons. The maximum absolute atomic E-state index is 12.6. The molecule has 3 rings (SSSR count). The monoisotopic (exact) mass is 356 g/mol. The summed E-state index contributed by atoms with van der Waals surface area (Å²) in [6.45, 7) is 2.01. The molecule has 0 aromatic heterocycles. The summed E-state index contributed by atoms with van der Waals surface area (Å²) in [5.41, 5.74) is 2.04. The minimum atomic E-state index is -0.191. The van der Waals surface area contributed by atoms with Crippen LogP contribution in [0.2, 0.25) is 5.02 Å². The van der Waals surface area contributed by atoms with E-state index in [9.17, 15) is 9.59 Å². The average Bonchev–Trinajstić information content (AvgIpc) is 2.67. The van der Waals surface area contributed by atoms with Crippen LogP contribution in [0, 0.1) is 0 Å². The third-order valence-electron chi connectivity index (χ3n) is 4.38. The maximum atomic E-state index is 12.6. The molecule has 5 heteroatoms. The zero-order chi connectivity index (χ0) is 17.6. The molecule has 25 heavy (non-hydrogen) atoms. The molecular formula is C20H21ClN2O2. The minimum absolute atomic E-state index is 0.00653. The highest BCUT2D eigenvalue weighted by molar-refractivity contribution is 6.30. The Morgan fingerprint density at radius 2 is 1.64 bits per heavy atom. The van der Waals surface area contributed by atoms with E-state index < -0.39 is 0 Å². The average molecular weight is 357 g/mol. The summed E-state index contributed by atoms with van der Waals surface area (Å²) in [5.74, 6) is -0.185. The summed E-state index contributed by atoms with van der Waals surface area (Å²) in [5, 5.41) is 3.54. The first-order valence-electron chi connectivity index (χ1n) is 8.55. The number of halogens is 1. The number of rotatable bonds is 4. The van der Waals surface area contributed by atoms with E-state index in [4.69, 9.17) is 11.6 Å². The molecule has 0 unspecified atom stereocenters. The van der Waals surface area contributed by atoms with Crippen molar-refractivity contribution in [2.24, 2.45) is 0 Å². The number of carbonyl (C=O) groups excluding carboxylic acids is 2. The van der Waals surface area contributed by atoms with E-state index in [1.165, 1.54) is 6.42 Å². The van der Waals surface area contributed by atoms with Gasteiger partial charge in [-0.1, -0.05) is 29.8 Å². The van der Waals surface area contributed by atoms with Gasteiger partial charge in [-0.3, -0.25) is 9.59 Å². The first-order chi connectivity index (χ1) is 12.1. The molecule has 2 aromatic rings. The van der Waals surface area contributed by atoms with E-state index in [1.807, 2.05) is 17.0 Å². The zero-order valence-electron chi connectivity index (χ0n) is 14.0. The van der Waals surface area contributed by atoms with Crippen molar-refractivity contribution in [2.75, 3.05) is 13.1 Å². The largest absolute Gasteiger partial charge is 0.348 e. The Hall–Kier alpha value is -2.33. The van der Waals surface area contributed by atoms with Crippen molar-refractivity contribution in [2.45, 2.75) is 25.8 Å². The number of hydrogen-bond acceptors (Lipinski definition) is 2. The molecule has 0 aliphatic carbocycles. The van der Waals surface area contributed by atoms with Gasteiger partial charge in [-0.2, -0.15) is 0 Å². The molecule has 0 saturated carbocycles. The predicted molar refractivity (Wildman–Crippen MR) is 98.8 cm³/mol. The molecule has 1 N–H and O–H groups in total. The van der Waals surface area contributed by atoms with E-state index >= 15 is 0 Å². The van der Waals surface area contributed by atoms with Gasteiger partial charge < -0.3 is 10.2 Å². The molecule has 1 aliphatic rings. The fourth-order valence-electron chi connectivity index (χ4n) is 2.96. The predicted octanol–water partition coefficient (Wildman–Crippen LogP) is 3.90. The van der Waals surface area contributed by atoms with Crippen molar-refractivity contribution in [3.8, 4) is 0 Å². The quantitative estimate of drug-likeness (QED) is 0.903. The molecule has 4 nitrogen and oxygen atoms in total. The maximum Gasteiger partial charge on any atom is 0.253 e. The highest BCUT2D eigenvalue weighted by Gasteiger charge is 2.19. The number of benzene rings is 2. The number of nitrogens with zero attached hydrogens (tertiary/aromatic N) is 1. The first kappa shape index (κ1) is 17.5. The molecule has 0 spiro atoms. The van der Waals surface area contributed by atoms with Crippen molar-refractivity contribution < 1.29 is 9.59 Å².